The van der Waals surface area contributed by atoms with Gasteiger partial charge in [0.2, 0.25) is 0 Å². The molecule has 2 heterocycles. The summed E-state index contributed by atoms with van der Waals surface area (Å²) in [6.07, 6.45) is -5.27. The minimum Gasteiger partial charge on any atom is -0.384 e. The maximum absolute atomic E-state index is 13.2. The molecule has 3 N–H and O–H groups in total. The summed E-state index contributed by atoms with van der Waals surface area (Å²) < 4.78 is 64.7. The Bertz CT molecular complexity index is 733. The number of aryl methyl sites for hydroxylation is 1. The number of nitrogens with zero attached hydrogens (tertiary/aromatic N) is 2. The first-order valence-electron chi connectivity index (χ1n) is 6.85. The van der Waals surface area contributed by atoms with Crippen molar-refractivity contribution in [3.8, 4) is 0 Å². The molecule has 2 aromatic heterocycles. The summed E-state index contributed by atoms with van der Waals surface area (Å²) >= 11 is 0. The number of nitrogen functional groups attached to an aromatic ring is 1. The Morgan fingerprint density at radius 3 is 2.48 bits per heavy atom. The van der Waals surface area contributed by atoms with Crippen LogP contribution < -0.4 is 5.73 Å². The van der Waals surface area contributed by atoms with E-state index in [0.29, 0.717) is 23.1 Å². The van der Waals surface area contributed by atoms with Crippen LogP contribution in [0, 0.1) is 5.41 Å². The molecule has 0 amide bonds. The highest BCUT2D eigenvalue weighted by atomic mass is 19.4. The number of amidine groups is 1. The highest BCUT2D eigenvalue weighted by Crippen LogP contribution is 2.39. The molecule has 0 saturated heterocycles. The Hall–Kier alpha value is -2.19. The van der Waals surface area contributed by atoms with E-state index in [4.69, 9.17) is 11.1 Å². The normalized spacial score (nSPS) is 12.8. The molecule has 0 aliphatic carbocycles. The molecular formula is C14H15F5N4. The molecular weight excluding hydrogens is 319 g/mol. The SMILES string of the molecule is CCc1c(C(=N)N)c2cccnc2n1CCC(F)(F)C(F)(F)F. The van der Waals surface area contributed by atoms with Crippen molar-refractivity contribution in [3.05, 3.63) is 29.6 Å². The zero-order chi connectivity index (χ0) is 17.4. The average Bonchev–Trinajstić information content (AvgIpc) is 2.77. The molecule has 2 rings (SSSR count). The second-order valence-corrected chi connectivity index (χ2v) is 5.07. The molecule has 0 aliphatic rings. The summed E-state index contributed by atoms with van der Waals surface area (Å²) in [5.74, 6) is -5.07. The van der Waals surface area contributed by atoms with Gasteiger partial charge in [-0.3, -0.25) is 5.41 Å². The lowest BCUT2D eigenvalue weighted by molar-refractivity contribution is -0.285. The molecule has 23 heavy (non-hydrogen) atoms. The number of nitrogens with two attached hydrogens (primary N) is 1. The van der Waals surface area contributed by atoms with Crippen LogP contribution in [0.15, 0.2) is 18.3 Å². The van der Waals surface area contributed by atoms with Crippen molar-refractivity contribution in [2.75, 3.05) is 0 Å². The van der Waals surface area contributed by atoms with E-state index in [1.807, 2.05) is 0 Å². The number of pyridine rings is 1. The Morgan fingerprint density at radius 1 is 1.30 bits per heavy atom. The number of halogens is 5. The van der Waals surface area contributed by atoms with Gasteiger partial charge in [-0.05, 0) is 18.6 Å². The van der Waals surface area contributed by atoms with Crippen LogP contribution in [0.1, 0.15) is 24.6 Å². The number of hydrogen-bond acceptors (Lipinski definition) is 2. The first kappa shape index (κ1) is 17.2. The fourth-order valence-electron chi connectivity index (χ4n) is 2.53. The smallest absolute Gasteiger partial charge is 0.384 e. The van der Waals surface area contributed by atoms with Gasteiger partial charge in [-0.1, -0.05) is 6.92 Å². The first-order valence-corrected chi connectivity index (χ1v) is 6.85. The van der Waals surface area contributed by atoms with Gasteiger partial charge in [-0.15, -0.1) is 0 Å². The molecule has 0 aliphatic heterocycles. The summed E-state index contributed by atoms with van der Waals surface area (Å²) in [4.78, 5) is 4.04. The summed E-state index contributed by atoms with van der Waals surface area (Å²) in [7, 11) is 0. The summed E-state index contributed by atoms with van der Waals surface area (Å²) in [5, 5.41) is 8.10. The van der Waals surface area contributed by atoms with Crippen LogP contribution >= 0.6 is 0 Å². The molecule has 0 radical (unpaired) electrons. The Labute approximate surface area is 128 Å². The van der Waals surface area contributed by atoms with E-state index < -0.39 is 25.1 Å². The predicted octanol–water partition coefficient (Wildman–Crippen LogP) is 3.47. The Kier molecular flexibility index (Phi) is 4.32. The molecule has 0 unspecified atom stereocenters. The maximum Gasteiger partial charge on any atom is 0.453 e. The van der Waals surface area contributed by atoms with E-state index in [9.17, 15) is 22.0 Å². The van der Waals surface area contributed by atoms with Crippen LogP contribution in [0.3, 0.4) is 0 Å². The van der Waals surface area contributed by atoms with Gasteiger partial charge in [0.1, 0.15) is 11.5 Å². The number of aromatic nitrogens is 2. The Balaban J connectivity index is 2.51. The average molecular weight is 334 g/mol. The highest BCUT2D eigenvalue weighted by Gasteiger charge is 2.56. The fraction of sp³-hybridized carbons (Fsp3) is 0.429. The van der Waals surface area contributed by atoms with Gasteiger partial charge in [0.05, 0.1) is 0 Å². The van der Waals surface area contributed by atoms with Crippen LogP contribution in [0.4, 0.5) is 22.0 Å². The van der Waals surface area contributed by atoms with Crippen molar-refractivity contribution >= 4 is 16.9 Å². The number of alkyl halides is 5. The number of fused-ring (bicyclic) bond motifs is 1. The third kappa shape index (κ3) is 2.99. The van der Waals surface area contributed by atoms with Crippen LogP contribution in [-0.4, -0.2) is 27.5 Å². The van der Waals surface area contributed by atoms with Gasteiger partial charge < -0.3 is 10.3 Å². The molecule has 0 saturated carbocycles. The van der Waals surface area contributed by atoms with Crippen molar-refractivity contribution < 1.29 is 22.0 Å². The minimum absolute atomic E-state index is 0.243. The van der Waals surface area contributed by atoms with Crippen molar-refractivity contribution in [1.29, 1.82) is 5.41 Å². The molecule has 0 atom stereocenters. The van der Waals surface area contributed by atoms with Gasteiger partial charge in [-0.25, -0.2) is 4.98 Å². The fourth-order valence-corrected chi connectivity index (χ4v) is 2.53. The van der Waals surface area contributed by atoms with E-state index in [2.05, 4.69) is 4.98 Å². The number of rotatable bonds is 5. The summed E-state index contributed by atoms with van der Waals surface area (Å²) in [6.45, 7) is 1.13. The van der Waals surface area contributed by atoms with E-state index in [0.717, 1.165) is 0 Å². The third-order valence-corrected chi connectivity index (χ3v) is 3.59. The molecule has 0 bridgehead atoms. The summed E-state index contributed by atoms with van der Waals surface area (Å²) in [5.41, 5.74) is 6.52. The molecule has 0 spiro atoms. The lowest BCUT2D eigenvalue weighted by atomic mass is 10.1. The third-order valence-electron chi connectivity index (χ3n) is 3.59. The standard InChI is InChI=1S/C14H15F5N4/c1-2-9-10(11(20)21)8-4-3-6-22-12(8)23(9)7-5-13(15,16)14(17,18)19/h3-4,6H,2,5,7H2,1H3,(H3,20,21). The van der Waals surface area contributed by atoms with Crippen molar-refractivity contribution in [3.63, 3.8) is 0 Å². The van der Waals surface area contributed by atoms with E-state index >= 15 is 0 Å². The maximum atomic E-state index is 13.2. The topological polar surface area (TPSA) is 67.7 Å². The number of hydrogen-bond donors (Lipinski definition) is 2. The van der Waals surface area contributed by atoms with Crippen molar-refractivity contribution in [2.24, 2.45) is 5.73 Å². The molecule has 4 nitrogen and oxygen atoms in total. The van der Waals surface area contributed by atoms with Crippen molar-refractivity contribution in [2.45, 2.75) is 38.4 Å². The quantitative estimate of drug-likeness (QED) is 0.499. The molecule has 2 aromatic rings. The number of nitrogens with one attached hydrogen (secondary N) is 1. The van der Waals surface area contributed by atoms with E-state index in [1.165, 1.54) is 10.8 Å². The van der Waals surface area contributed by atoms with Crippen LogP contribution in [0.2, 0.25) is 0 Å². The second kappa shape index (κ2) is 5.78. The molecule has 126 valence electrons. The van der Waals surface area contributed by atoms with E-state index in [-0.39, 0.29) is 11.5 Å². The first-order chi connectivity index (χ1) is 10.6. The zero-order valence-electron chi connectivity index (χ0n) is 12.2. The van der Waals surface area contributed by atoms with Gasteiger partial charge in [0, 0.05) is 35.8 Å². The van der Waals surface area contributed by atoms with Gasteiger partial charge in [0.15, 0.2) is 0 Å². The summed E-state index contributed by atoms with van der Waals surface area (Å²) in [6, 6.07) is 3.19. The molecule has 0 fully saturated rings. The lowest BCUT2D eigenvalue weighted by Crippen LogP contribution is -2.37. The second-order valence-electron chi connectivity index (χ2n) is 5.07. The largest absolute Gasteiger partial charge is 0.453 e. The lowest BCUT2D eigenvalue weighted by Gasteiger charge is -2.20. The Morgan fingerprint density at radius 2 is 1.96 bits per heavy atom. The van der Waals surface area contributed by atoms with Crippen LogP contribution in [0.25, 0.3) is 11.0 Å². The van der Waals surface area contributed by atoms with Crippen LogP contribution in [-0.2, 0) is 13.0 Å². The minimum atomic E-state index is -5.60. The monoisotopic (exact) mass is 334 g/mol. The molecule has 9 heteroatoms. The van der Waals surface area contributed by atoms with Crippen molar-refractivity contribution in [1.82, 2.24) is 9.55 Å². The van der Waals surface area contributed by atoms with E-state index in [1.54, 1.807) is 19.1 Å². The molecule has 0 aromatic carbocycles. The van der Waals surface area contributed by atoms with Gasteiger partial charge in [0.25, 0.3) is 0 Å². The van der Waals surface area contributed by atoms with Gasteiger partial charge >= 0.3 is 12.1 Å². The highest BCUT2D eigenvalue weighted by molar-refractivity contribution is 6.08. The van der Waals surface area contributed by atoms with Gasteiger partial charge in [-0.2, -0.15) is 22.0 Å². The van der Waals surface area contributed by atoms with Crippen LogP contribution in [0.5, 0.6) is 0 Å². The zero-order valence-corrected chi connectivity index (χ0v) is 12.2. The predicted molar refractivity (Wildman–Crippen MR) is 75.7 cm³/mol.